The Morgan fingerprint density at radius 3 is 1.87 bits per heavy atom. The third kappa shape index (κ3) is 4.40. The van der Waals surface area contributed by atoms with Crippen molar-refractivity contribution in [2.45, 2.75) is 19.3 Å². The Morgan fingerprint density at radius 2 is 1.06 bits per heavy atom. The van der Waals surface area contributed by atoms with Crippen LogP contribution in [0.2, 0.25) is 0 Å². The van der Waals surface area contributed by atoms with Crippen LogP contribution >= 0.6 is 0 Å². The van der Waals surface area contributed by atoms with Crippen LogP contribution < -0.4 is 4.90 Å². The SMILES string of the molecule is CC1(C)c2ccccc2-c2ccc(N(c3ccccc3)c3ccc(-c4cc(-c5ccccc5)cc5c4oc4ccccc45)cc3)cc21. The van der Waals surface area contributed by atoms with Crippen LogP contribution in [0.15, 0.2) is 168 Å². The average Bonchev–Trinajstić information content (AvgIpc) is 3.61. The van der Waals surface area contributed by atoms with Crippen molar-refractivity contribution >= 4 is 39.0 Å². The molecule has 1 aliphatic carbocycles. The number of anilines is 3. The second-order valence-corrected chi connectivity index (χ2v) is 13.0. The standard InChI is InChI=1S/C45H33NO/c1-45(2)41-19-11-9-17-36(41)37-26-25-35(29-42(37)45)46(33-15-7-4-8-16-33)34-23-21-31(22-24-34)39-27-32(30-13-5-3-6-14-30)28-40-38-18-10-12-20-43(38)47-44(39)40/h3-29H,1-2H3. The molecule has 0 spiro atoms. The van der Waals surface area contributed by atoms with Gasteiger partial charge in [0.1, 0.15) is 11.2 Å². The molecule has 0 radical (unpaired) electrons. The normalized spacial score (nSPS) is 13.1. The van der Waals surface area contributed by atoms with E-state index in [4.69, 9.17) is 4.42 Å². The van der Waals surface area contributed by atoms with Gasteiger partial charge in [0.05, 0.1) is 0 Å². The molecule has 0 saturated heterocycles. The molecule has 2 nitrogen and oxygen atoms in total. The minimum atomic E-state index is -0.0735. The second kappa shape index (κ2) is 10.6. The van der Waals surface area contributed by atoms with Crippen molar-refractivity contribution < 1.29 is 4.42 Å². The van der Waals surface area contributed by atoms with E-state index in [1.54, 1.807) is 0 Å². The maximum atomic E-state index is 6.52. The smallest absolute Gasteiger partial charge is 0.143 e. The Hall–Kier alpha value is -5.86. The first-order chi connectivity index (χ1) is 23.1. The van der Waals surface area contributed by atoms with Crippen LogP contribution in [0.3, 0.4) is 0 Å². The molecule has 2 heteroatoms. The molecule has 0 fully saturated rings. The van der Waals surface area contributed by atoms with E-state index in [-0.39, 0.29) is 5.41 Å². The van der Waals surface area contributed by atoms with E-state index < -0.39 is 0 Å². The van der Waals surface area contributed by atoms with Crippen LogP contribution in [0, 0.1) is 0 Å². The molecule has 9 rings (SSSR count). The predicted octanol–water partition coefficient (Wildman–Crippen LogP) is 12.7. The number of rotatable bonds is 5. The quantitative estimate of drug-likeness (QED) is 0.195. The van der Waals surface area contributed by atoms with Crippen LogP contribution in [-0.4, -0.2) is 0 Å². The van der Waals surface area contributed by atoms with Gasteiger partial charge in [-0.25, -0.2) is 0 Å². The first kappa shape index (κ1) is 27.5. The lowest BCUT2D eigenvalue weighted by atomic mass is 9.82. The Balaban J connectivity index is 1.18. The third-order valence-electron chi connectivity index (χ3n) is 9.86. The van der Waals surface area contributed by atoms with E-state index >= 15 is 0 Å². The van der Waals surface area contributed by atoms with E-state index in [9.17, 15) is 0 Å². The molecule has 0 N–H and O–H groups in total. The summed E-state index contributed by atoms with van der Waals surface area (Å²) in [4.78, 5) is 2.36. The van der Waals surface area contributed by atoms with E-state index in [1.165, 1.54) is 33.4 Å². The molecule has 47 heavy (non-hydrogen) atoms. The summed E-state index contributed by atoms with van der Waals surface area (Å²) < 4.78 is 6.52. The molecule has 0 aliphatic heterocycles. The van der Waals surface area contributed by atoms with Gasteiger partial charge in [-0.15, -0.1) is 0 Å². The summed E-state index contributed by atoms with van der Waals surface area (Å²) in [5.74, 6) is 0. The van der Waals surface area contributed by atoms with E-state index in [1.807, 2.05) is 6.07 Å². The summed E-state index contributed by atoms with van der Waals surface area (Å²) in [5, 5.41) is 2.27. The van der Waals surface area contributed by atoms with E-state index in [0.29, 0.717) is 0 Å². The monoisotopic (exact) mass is 603 g/mol. The van der Waals surface area contributed by atoms with Gasteiger partial charge >= 0.3 is 0 Å². The molecular weight excluding hydrogens is 571 g/mol. The van der Waals surface area contributed by atoms with Crippen LogP contribution in [0.1, 0.15) is 25.0 Å². The fourth-order valence-electron chi connectivity index (χ4n) is 7.48. The molecule has 0 amide bonds. The Morgan fingerprint density at radius 1 is 0.426 bits per heavy atom. The zero-order chi connectivity index (χ0) is 31.5. The zero-order valence-electron chi connectivity index (χ0n) is 26.4. The number of fused-ring (bicyclic) bond motifs is 6. The highest BCUT2D eigenvalue weighted by Gasteiger charge is 2.35. The summed E-state index contributed by atoms with van der Waals surface area (Å²) in [7, 11) is 0. The molecule has 8 aromatic rings. The predicted molar refractivity (Wildman–Crippen MR) is 197 cm³/mol. The van der Waals surface area contributed by atoms with E-state index in [2.05, 4.69) is 176 Å². The largest absolute Gasteiger partial charge is 0.455 e. The summed E-state index contributed by atoms with van der Waals surface area (Å²) in [6.45, 7) is 4.68. The van der Waals surface area contributed by atoms with Crippen molar-refractivity contribution in [3.05, 3.63) is 175 Å². The highest BCUT2D eigenvalue weighted by Crippen LogP contribution is 2.50. The highest BCUT2D eigenvalue weighted by atomic mass is 16.3. The molecule has 0 atom stereocenters. The fraction of sp³-hybridized carbons (Fsp3) is 0.0667. The highest BCUT2D eigenvalue weighted by molar-refractivity contribution is 6.11. The molecule has 0 saturated carbocycles. The molecule has 1 aliphatic rings. The minimum absolute atomic E-state index is 0.0735. The molecule has 1 aromatic heterocycles. The Kier molecular flexibility index (Phi) is 6.20. The number of benzene rings is 7. The fourth-order valence-corrected chi connectivity index (χ4v) is 7.48. The molecule has 224 valence electrons. The van der Waals surface area contributed by atoms with Crippen LogP contribution in [0.5, 0.6) is 0 Å². The Bertz CT molecular complexity index is 2420. The lowest BCUT2D eigenvalue weighted by molar-refractivity contribution is 0.660. The van der Waals surface area contributed by atoms with Crippen LogP contribution in [0.25, 0.3) is 55.3 Å². The van der Waals surface area contributed by atoms with Gasteiger partial charge in [-0.05, 0) is 93.5 Å². The topological polar surface area (TPSA) is 16.4 Å². The van der Waals surface area contributed by atoms with Crippen molar-refractivity contribution in [2.24, 2.45) is 0 Å². The average molecular weight is 604 g/mol. The third-order valence-corrected chi connectivity index (χ3v) is 9.86. The van der Waals surface area contributed by atoms with Gasteiger partial charge in [0.15, 0.2) is 0 Å². The first-order valence-corrected chi connectivity index (χ1v) is 16.3. The van der Waals surface area contributed by atoms with Crippen LogP contribution in [0.4, 0.5) is 17.1 Å². The van der Waals surface area contributed by atoms with Crippen molar-refractivity contribution in [3.8, 4) is 33.4 Å². The van der Waals surface area contributed by atoms with Crippen molar-refractivity contribution in [2.75, 3.05) is 4.90 Å². The summed E-state index contributed by atoms with van der Waals surface area (Å²) in [5.41, 5.74) is 15.1. The van der Waals surface area contributed by atoms with Crippen molar-refractivity contribution in [1.82, 2.24) is 0 Å². The van der Waals surface area contributed by atoms with Gasteiger partial charge in [-0.3, -0.25) is 0 Å². The molecular formula is C45H33NO. The van der Waals surface area contributed by atoms with Gasteiger partial charge in [0.2, 0.25) is 0 Å². The van der Waals surface area contributed by atoms with Gasteiger partial charge in [-0.1, -0.05) is 123 Å². The maximum absolute atomic E-state index is 6.52. The molecule has 7 aromatic carbocycles. The number of hydrogen-bond acceptors (Lipinski definition) is 2. The van der Waals surface area contributed by atoms with Crippen molar-refractivity contribution in [3.63, 3.8) is 0 Å². The minimum Gasteiger partial charge on any atom is -0.455 e. The molecule has 0 bridgehead atoms. The summed E-state index contributed by atoms with van der Waals surface area (Å²) in [6, 6.07) is 58.8. The zero-order valence-corrected chi connectivity index (χ0v) is 26.4. The van der Waals surface area contributed by atoms with Gasteiger partial charge in [0.25, 0.3) is 0 Å². The van der Waals surface area contributed by atoms with Gasteiger partial charge in [-0.2, -0.15) is 0 Å². The van der Waals surface area contributed by atoms with Crippen molar-refractivity contribution in [1.29, 1.82) is 0 Å². The lowest BCUT2D eigenvalue weighted by Crippen LogP contribution is -2.16. The Labute approximate surface area is 275 Å². The number of hydrogen-bond donors (Lipinski definition) is 0. The molecule has 1 heterocycles. The number of para-hydroxylation sites is 2. The number of nitrogens with zero attached hydrogens (tertiary/aromatic N) is 1. The summed E-state index contributed by atoms with van der Waals surface area (Å²) in [6.07, 6.45) is 0. The number of furan rings is 1. The van der Waals surface area contributed by atoms with Crippen LogP contribution in [-0.2, 0) is 5.41 Å². The second-order valence-electron chi connectivity index (χ2n) is 13.0. The maximum Gasteiger partial charge on any atom is 0.143 e. The van der Waals surface area contributed by atoms with Gasteiger partial charge < -0.3 is 9.32 Å². The first-order valence-electron chi connectivity index (χ1n) is 16.3. The molecule has 0 unspecified atom stereocenters. The van der Waals surface area contributed by atoms with Gasteiger partial charge in [0, 0.05) is 38.8 Å². The van der Waals surface area contributed by atoms with E-state index in [0.717, 1.165) is 50.1 Å². The lowest BCUT2D eigenvalue weighted by Gasteiger charge is -2.28. The summed E-state index contributed by atoms with van der Waals surface area (Å²) >= 11 is 0.